The second-order valence-corrected chi connectivity index (χ2v) is 7.08. The predicted octanol–water partition coefficient (Wildman–Crippen LogP) is 5.72. The molecule has 0 aromatic carbocycles. The number of rotatable bonds is 17. The van der Waals surface area contributed by atoms with E-state index in [1.54, 1.807) is 0 Å². The summed E-state index contributed by atoms with van der Waals surface area (Å²) in [6.07, 6.45) is 23.4. The molecule has 0 aromatic heterocycles. The van der Waals surface area contributed by atoms with Gasteiger partial charge in [-0.25, -0.2) is 0 Å². The topological polar surface area (TPSA) is 39.7 Å². The second kappa shape index (κ2) is 18.7. The van der Waals surface area contributed by atoms with Crippen LogP contribution in [0.5, 0.6) is 0 Å². The quantitative estimate of drug-likeness (QED) is 0.208. The van der Waals surface area contributed by atoms with Crippen molar-refractivity contribution in [3.63, 3.8) is 0 Å². The van der Waals surface area contributed by atoms with Crippen molar-refractivity contribution >= 4 is 0 Å². The average molecular weight is 312 g/mol. The Morgan fingerprint density at radius 1 is 0.682 bits per heavy atom. The zero-order valence-electron chi connectivity index (χ0n) is 15.3. The minimum atomic E-state index is 0.750. The Kier molecular flexibility index (Phi) is 18.4. The van der Waals surface area contributed by atoms with Crippen LogP contribution >= 0.6 is 0 Å². The summed E-state index contributed by atoms with van der Waals surface area (Å²) >= 11 is 0. The standard InChI is InChI=1S/C20H41NO/c1-20(2)18-16-14-12-10-8-6-4-3-5-7-9-11-13-15-17-19-21-22/h3-4,20H,5-19,21H2,1-2H3/b4-3-. The molecule has 0 unspecified atom stereocenters. The number of hydrogen-bond donors (Lipinski definition) is 1. The summed E-state index contributed by atoms with van der Waals surface area (Å²) in [7, 11) is 0. The molecule has 0 fully saturated rings. The molecule has 22 heavy (non-hydrogen) atoms. The van der Waals surface area contributed by atoms with Crippen molar-refractivity contribution in [1.29, 1.82) is 0 Å². The molecule has 2 heteroatoms. The second-order valence-electron chi connectivity index (χ2n) is 7.08. The van der Waals surface area contributed by atoms with Crippen molar-refractivity contribution in [2.75, 3.05) is 6.54 Å². The number of allylic oxidation sites excluding steroid dienone is 2. The summed E-state index contributed by atoms with van der Waals surface area (Å²) in [5.41, 5.74) is 1.04. The molecule has 0 amide bonds. The molecule has 0 aliphatic heterocycles. The molecule has 0 aliphatic rings. The Bertz CT molecular complexity index is 226. The lowest BCUT2D eigenvalue weighted by Gasteiger charge is -2.03. The van der Waals surface area contributed by atoms with Gasteiger partial charge in [0.05, 0.1) is 6.54 Å². The molecular formula is C20H41NO. The van der Waals surface area contributed by atoms with Gasteiger partial charge in [0.15, 0.2) is 0 Å². The SMILES string of the molecule is CC(C)CCCCCCC/C=C\CCCCCCCC[NH2+][O-]. The van der Waals surface area contributed by atoms with E-state index >= 15 is 0 Å². The molecule has 0 bridgehead atoms. The number of unbranched alkanes of at least 4 members (excludes halogenated alkanes) is 11. The largest absolute Gasteiger partial charge is 0.636 e. The van der Waals surface area contributed by atoms with E-state index in [1.165, 1.54) is 83.5 Å². The maximum absolute atomic E-state index is 10.2. The highest BCUT2D eigenvalue weighted by Gasteiger charge is 1.94. The number of quaternary nitrogens is 1. The van der Waals surface area contributed by atoms with Crippen molar-refractivity contribution in [2.24, 2.45) is 5.92 Å². The third kappa shape index (κ3) is 19.7. The van der Waals surface area contributed by atoms with E-state index in [2.05, 4.69) is 26.0 Å². The molecule has 0 saturated carbocycles. The van der Waals surface area contributed by atoms with Gasteiger partial charge in [-0.05, 0) is 44.4 Å². The fraction of sp³-hybridized carbons (Fsp3) is 0.900. The molecule has 2 nitrogen and oxygen atoms in total. The molecule has 0 spiro atoms. The van der Waals surface area contributed by atoms with Crippen LogP contribution in [-0.2, 0) is 0 Å². The summed E-state index contributed by atoms with van der Waals surface area (Å²) in [5.74, 6) is 0.874. The van der Waals surface area contributed by atoms with Crippen LogP contribution in [0.1, 0.15) is 104 Å². The van der Waals surface area contributed by atoms with Crippen molar-refractivity contribution in [3.8, 4) is 0 Å². The minimum Gasteiger partial charge on any atom is -0.636 e. The lowest BCUT2D eigenvalue weighted by Crippen LogP contribution is -2.77. The van der Waals surface area contributed by atoms with Gasteiger partial charge < -0.3 is 10.7 Å². The number of nitrogens with two attached hydrogens (primary N) is 1. The highest BCUT2D eigenvalue weighted by molar-refractivity contribution is 4.81. The van der Waals surface area contributed by atoms with Gasteiger partial charge >= 0.3 is 0 Å². The van der Waals surface area contributed by atoms with Crippen molar-refractivity contribution in [3.05, 3.63) is 17.4 Å². The van der Waals surface area contributed by atoms with Gasteiger partial charge in [0.1, 0.15) is 0 Å². The Labute approximate surface area is 139 Å². The van der Waals surface area contributed by atoms with Crippen LogP contribution in [0.3, 0.4) is 0 Å². The first-order chi connectivity index (χ1) is 10.8. The van der Waals surface area contributed by atoms with Crippen molar-refractivity contribution in [1.82, 2.24) is 0 Å². The lowest BCUT2D eigenvalue weighted by molar-refractivity contribution is -0.589. The van der Waals surface area contributed by atoms with Gasteiger partial charge in [-0.15, -0.1) is 0 Å². The Balaban J connectivity index is 3.06. The minimum absolute atomic E-state index is 0.750. The monoisotopic (exact) mass is 311 g/mol. The van der Waals surface area contributed by atoms with E-state index in [1.807, 2.05) is 0 Å². The van der Waals surface area contributed by atoms with Gasteiger partial charge in [0, 0.05) is 0 Å². The van der Waals surface area contributed by atoms with Crippen LogP contribution in [0.15, 0.2) is 12.2 Å². The van der Waals surface area contributed by atoms with Crippen molar-refractivity contribution in [2.45, 2.75) is 104 Å². The van der Waals surface area contributed by atoms with Crippen LogP contribution in [0.2, 0.25) is 0 Å². The number of hydroxylamine groups is 1. The molecule has 0 aromatic rings. The molecule has 0 rings (SSSR count). The van der Waals surface area contributed by atoms with Crippen LogP contribution in [0.25, 0.3) is 0 Å². The molecule has 0 aliphatic carbocycles. The third-order valence-corrected chi connectivity index (χ3v) is 4.26. The summed E-state index contributed by atoms with van der Waals surface area (Å²) in [6.45, 7) is 5.39. The van der Waals surface area contributed by atoms with Crippen molar-refractivity contribution < 1.29 is 5.48 Å². The fourth-order valence-electron chi connectivity index (χ4n) is 2.78. The molecule has 0 heterocycles. The highest BCUT2D eigenvalue weighted by Crippen LogP contribution is 2.12. The van der Waals surface area contributed by atoms with E-state index in [-0.39, 0.29) is 0 Å². The molecule has 0 atom stereocenters. The first kappa shape index (κ1) is 21.7. The molecular weight excluding hydrogens is 270 g/mol. The first-order valence-electron chi connectivity index (χ1n) is 9.86. The molecule has 0 saturated heterocycles. The smallest absolute Gasteiger partial charge is 0.0752 e. The van der Waals surface area contributed by atoms with Gasteiger partial charge in [-0.3, -0.25) is 0 Å². The summed E-state index contributed by atoms with van der Waals surface area (Å²) in [5, 5.41) is 10.2. The van der Waals surface area contributed by atoms with E-state index < -0.39 is 0 Å². The van der Waals surface area contributed by atoms with Crippen LogP contribution < -0.4 is 5.48 Å². The molecule has 132 valence electrons. The zero-order chi connectivity index (χ0) is 16.3. The van der Waals surface area contributed by atoms with E-state index in [0.29, 0.717) is 0 Å². The Hall–Kier alpha value is -0.340. The Morgan fingerprint density at radius 2 is 1.14 bits per heavy atom. The first-order valence-corrected chi connectivity index (χ1v) is 9.86. The summed E-state index contributed by atoms with van der Waals surface area (Å²) in [6, 6.07) is 0. The molecule has 0 radical (unpaired) electrons. The Morgan fingerprint density at radius 3 is 1.64 bits per heavy atom. The van der Waals surface area contributed by atoms with E-state index in [9.17, 15) is 5.21 Å². The van der Waals surface area contributed by atoms with Gasteiger partial charge in [-0.1, -0.05) is 77.4 Å². The maximum Gasteiger partial charge on any atom is 0.0752 e. The van der Waals surface area contributed by atoms with E-state index in [0.717, 1.165) is 24.4 Å². The summed E-state index contributed by atoms with van der Waals surface area (Å²) < 4.78 is 0. The third-order valence-electron chi connectivity index (χ3n) is 4.26. The molecule has 2 N–H and O–H groups in total. The van der Waals surface area contributed by atoms with Crippen LogP contribution in [0.4, 0.5) is 0 Å². The van der Waals surface area contributed by atoms with E-state index in [4.69, 9.17) is 0 Å². The van der Waals surface area contributed by atoms with Gasteiger partial charge in [0.25, 0.3) is 0 Å². The predicted molar refractivity (Wildman–Crippen MR) is 98.8 cm³/mol. The van der Waals surface area contributed by atoms with Gasteiger partial charge in [-0.2, -0.15) is 0 Å². The fourth-order valence-corrected chi connectivity index (χ4v) is 2.78. The lowest BCUT2D eigenvalue weighted by atomic mass is 10.0. The summed E-state index contributed by atoms with van der Waals surface area (Å²) in [4.78, 5) is 0. The van der Waals surface area contributed by atoms with Gasteiger partial charge in [0.2, 0.25) is 0 Å². The van der Waals surface area contributed by atoms with Crippen LogP contribution in [0, 0.1) is 11.1 Å². The number of hydrogen-bond acceptors (Lipinski definition) is 1. The highest BCUT2D eigenvalue weighted by atomic mass is 16.5. The zero-order valence-corrected chi connectivity index (χ0v) is 15.3. The normalized spacial score (nSPS) is 11.8. The average Bonchev–Trinajstić information content (AvgIpc) is 2.50. The van der Waals surface area contributed by atoms with Crippen LogP contribution in [-0.4, -0.2) is 6.54 Å². The maximum atomic E-state index is 10.2.